The molecule has 0 fully saturated rings. The van der Waals surface area contributed by atoms with Crippen LogP contribution in [0, 0.1) is 5.92 Å². The van der Waals surface area contributed by atoms with Crippen molar-refractivity contribution in [2.24, 2.45) is 11.7 Å². The molecule has 2 N–H and O–H groups in total. The summed E-state index contributed by atoms with van der Waals surface area (Å²) >= 11 is 0. The molecule has 0 aromatic heterocycles. The van der Waals surface area contributed by atoms with E-state index in [0.29, 0.717) is 11.7 Å². The molecular formula is C14H23NO2S. The van der Waals surface area contributed by atoms with Crippen molar-refractivity contribution in [1.29, 1.82) is 0 Å². The normalized spacial score (nSPS) is 16.0. The van der Waals surface area contributed by atoms with Gasteiger partial charge < -0.3 is 10.5 Å². The number of rotatable bonds is 7. The van der Waals surface area contributed by atoms with Crippen LogP contribution in [0.2, 0.25) is 0 Å². The van der Waals surface area contributed by atoms with E-state index in [2.05, 4.69) is 13.8 Å². The molecule has 4 heteroatoms. The SMILES string of the molecule is CCC(C)CS(=O)CC(N)c1ccc(OC)cc1. The van der Waals surface area contributed by atoms with E-state index in [1.165, 1.54) is 0 Å². The van der Waals surface area contributed by atoms with E-state index in [0.717, 1.165) is 23.5 Å². The highest BCUT2D eigenvalue weighted by Gasteiger charge is 2.12. The second kappa shape index (κ2) is 7.54. The lowest BCUT2D eigenvalue weighted by Crippen LogP contribution is -2.21. The minimum atomic E-state index is -0.844. The Morgan fingerprint density at radius 1 is 1.28 bits per heavy atom. The van der Waals surface area contributed by atoms with E-state index in [9.17, 15) is 4.21 Å². The quantitative estimate of drug-likeness (QED) is 0.827. The third-order valence-electron chi connectivity index (χ3n) is 3.08. The first kappa shape index (κ1) is 15.2. The fourth-order valence-corrected chi connectivity index (χ4v) is 3.25. The van der Waals surface area contributed by atoms with Gasteiger partial charge in [-0.2, -0.15) is 0 Å². The summed E-state index contributed by atoms with van der Waals surface area (Å²) in [6.45, 7) is 4.24. The van der Waals surface area contributed by atoms with Gasteiger partial charge in [-0.1, -0.05) is 32.4 Å². The molecule has 3 nitrogen and oxygen atoms in total. The first-order valence-electron chi connectivity index (χ1n) is 6.31. The summed E-state index contributed by atoms with van der Waals surface area (Å²) < 4.78 is 17.0. The standard InChI is InChI=1S/C14H23NO2S/c1-4-11(2)9-18(16)10-14(15)12-5-7-13(17-3)8-6-12/h5-8,11,14H,4,9-10,15H2,1-3H3. The third-order valence-corrected chi connectivity index (χ3v) is 4.75. The van der Waals surface area contributed by atoms with Crippen molar-refractivity contribution in [3.63, 3.8) is 0 Å². The van der Waals surface area contributed by atoms with Crippen molar-refractivity contribution < 1.29 is 8.95 Å². The summed E-state index contributed by atoms with van der Waals surface area (Å²) in [5.41, 5.74) is 7.08. The third kappa shape index (κ3) is 4.78. The van der Waals surface area contributed by atoms with E-state index in [4.69, 9.17) is 10.5 Å². The highest BCUT2D eigenvalue weighted by Crippen LogP contribution is 2.17. The lowest BCUT2D eigenvalue weighted by atomic mass is 10.1. The van der Waals surface area contributed by atoms with Gasteiger partial charge in [0.15, 0.2) is 0 Å². The molecule has 0 radical (unpaired) electrons. The number of ether oxygens (including phenoxy) is 1. The monoisotopic (exact) mass is 269 g/mol. The molecule has 18 heavy (non-hydrogen) atoms. The Balaban J connectivity index is 2.53. The van der Waals surface area contributed by atoms with Gasteiger partial charge in [-0.25, -0.2) is 0 Å². The van der Waals surface area contributed by atoms with Gasteiger partial charge in [0.25, 0.3) is 0 Å². The molecule has 0 spiro atoms. The fourth-order valence-electron chi connectivity index (χ4n) is 1.65. The number of methoxy groups -OCH3 is 1. The second-order valence-electron chi connectivity index (χ2n) is 4.67. The topological polar surface area (TPSA) is 52.3 Å². The van der Waals surface area contributed by atoms with Crippen LogP contribution in [-0.2, 0) is 10.8 Å². The van der Waals surface area contributed by atoms with E-state index in [1.807, 2.05) is 24.3 Å². The summed E-state index contributed by atoms with van der Waals surface area (Å²) in [6.07, 6.45) is 1.06. The first-order valence-corrected chi connectivity index (χ1v) is 7.80. The Hall–Kier alpha value is -0.870. The van der Waals surface area contributed by atoms with Crippen molar-refractivity contribution in [3.05, 3.63) is 29.8 Å². The van der Waals surface area contributed by atoms with Gasteiger partial charge in [-0.3, -0.25) is 4.21 Å². The zero-order chi connectivity index (χ0) is 13.5. The van der Waals surface area contributed by atoms with Gasteiger partial charge in [0.05, 0.1) is 7.11 Å². The van der Waals surface area contributed by atoms with E-state index < -0.39 is 10.8 Å². The molecular weight excluding hydrogens is 246 g/mol. The molecule has 0 heterocycles. The molecule has 0 saturated heterocycles. The molecule has 1 aromatic rings. The minimum absolute atomic E-state index is 0.166. The van der Waals surface area contributed by atoms with Gasteiger partial charge in [-0.15, -0.1) is 0 Å². The van der Waals surface area contributed by atoms with Crippen molar-refractivity contribution >= 4 is 10.8 Å². The zero-order valence-electron chi connectivity index (χ0n) is 11.4. The summed E-state index contributed by atoms with van der Waals surface area (Å²) in [6, 6.07) is 7.47. The maximum absolute atomic E-state index is 11.9. The Morgan fingerprint density at radius 3 is 2.39 bits per heavy atom. The number of hydrogen-bond acceptors (Lipinski definition) is 3. The molecule has 0 amide bonds. The average molecular weight is 269 g/mol. The molecule has 0 aliphatic carbocycles. The van der Waals surface area contributed by atoms with Gasteiger partial charge in [-0.05, 0) is 23.6 Å². The van der Waals surface area contributed by atoms with Crippen molar-refractivity contribution in [1.82, 2.24) is 0 Å². The molecule has 102 valence electrons. The van der Waals surface area contributed by atoms with Crippen molar-refractivity contribution in [2.45, 2.75) is 26.3 Å². The molecule has 0 saturated carbocycles. The minimum Gasteiger partial charge on any atom is -0.497 e. The lowest BCUT2D eigenvalue weighted by molar-refractivity contribution is 0.414. The van der Waals surface area contributed by atoms with Crippen LogP contribution in [0.1, 0.15) is 31.9 Å². The Bertz CT molecular complexity index is 378. The number of nitrogens with two attached hydrogens (primary N) is 1. The van der Waals surface area contributed by atoms with E-state index in [1.54, 1.807) is 7.11 Å². The fraction of sp³-hybridized carbons (Fsp3) is 0.571. The number of benzene rings is 1. The molecule has 3 unspecified atom stereocenters. The molecule has 3 atom stereocenters. The Kier molecular flexibility index (Phi) is 6.36. The molecule has 0 aliphatic heterocycles. The van der Waals surface area contributed by atoms with Gasteiger partial charge >= 0.3 is 0 Å². The van der Waals surface area contributed by atoms with E-state index >= 15 is 0 Å². The predicted octanol–water partition coefficient (Wildman–Crippen LogP) is 2.49. The lowest BCUT2D eigenvalue weighted by Gasteiger charge is -2.14. The van der Waals surface area contributed by atoms with Crippen LogP contribution in [0.3, 0.4) is 0 Å². The highest BCUT2D eigenvalue weighted by molar-refractivity contribution is 7.85. The number of hydrogen-bond donors (Lipinski definition) is 1. The Labute approximate surface area is 112 Å². The van der Waals surface area contributed by atoms with Crippen LogP contribution < -0.4 is 10.5 Å². The van der Waals surface area contributed by atoms with Crippen LogP contribution in [-0.4, -0.2) is 22.8 Å². The first-order chi connectivity index (χ1) is 8.56. The van der Waals surface area contributed by atoms with Crippen molar-refractivity contribution in [2.75, 3.05) is 18.6 Å². The maximum Gasteiger partial charge on any atom is 0.118 e. The predicted molar refractivity (Wildman–Crippen MR) is 77.3 cm³/mol. The molecule has 1 rings (SSSR count). The Morgan fingerprint density at radius 2 is 1.89 bits per heavy atom. The summed E-state index contributed by atoms with van der Waals surface area (Å²) in [5.74, 6) is 2.57. The second-order valence-corrected chi connectivity index (χ2v) is 6.21. The summed E-state index contributed by atoms with van der Waals surface area (Å²) in [7, 11) is 0.791. The van der Waals surface area contributed by atoms with E-state index in [-0.39, 0.29) is 6.04 Å². The van der Waals surface area contributed by atoms with Crippen LogP contribution >= 0.6 is 0 Å². The van der Waals surface area contributed by atoms with Gasteiger partial charge in [0.1, 0.15) is 5.75 Å². The van der Waals surface area contributed by atoms with Crippen LogP contribution in [0.5, 0.6) is 5.75 Å². The van der Waals surface area contributed by atoms with Gasteiger partial charge in [0, 0.05) is 28.3 Å². The van der Waals surface area contributed by atoms with Gasteiger partial charge in [0.2, 0.25) is 0 Å². The maximum atomic E-state index is 11.9. The molecule has 0 bridgehead atoms. The van der Waals surface area contributed by atoms with Crippen LogP contribution in [0.25, 0.3) is 0 Å². The summed E-state index contributed by atoms with van der Waals surface area (Å²) in [4.78, 5) is 0. The largest absolute Gasteiger partial charge is 0.497 e. The average Bonchev–Trinajstić information content (AvgIpc) is 2.38. The smallest absolute Gasteiger partial charge is 0.118 e. The highest BCUT2D eigenvalue weighted by atomic mass is 32.2. The van der Waals surface area contributed by atoms with Crippen LogP contribution in [0.4, 0.5) is 0 Å². The van der Waals surface area contributed by atoms with Crippen molar-refractivity contribution in [3.8, 4) is 5.75 Å². The molecule has 0 aliphatic rings. The summed E-state index contributed by atoms with van der Waals surface area (Å²) in [5, 5.41) is 0. The zero-order valence-corrected chi connectivity index (χ0v) is 12.2. The van der Waals surface area contributed by atoms with Crippen LogP contribution in [0.15, 0.2) is 24.3 Å². The molecule has 1 aromatic carbocycles.